The molecule has 0 unspecified atom stereocenters. The predicted molar refractivity (Wildman–Crippen MR) is 119 cm³/mol. The number of rotatable bonds is 4. The molecule has 0 bridgehead atoms. The maximum absolute atomic E-state index is 12.7. The first-order valence-corrected chi connectivity index (χ1v) is 11.2. The van der Waals surface area contributed by atoms with E-state index in [4.69, 9.17) is 4.98 Å². The van der Waals surface area contributed by atoms with E-state index in [0.29, 0.717) is 17.2 Å². The highest BCUT2D eigenvalue weighted by molar-refractivity contribution is 7.21. The van der Waals surface area contributed by atoms with Gasteiger partial charge in [-0.2, -0.15) is 0 Å². The van der Waals surface area contributed by atoms with Crippen LogP contribution >= 0.6 is 11.3 Å². The van der Waals surface area contributed by atoms with Gasteiger partial charge in [0.05, 0.1) is 10.2 Å². The second-order valence-electron chi connectivity index (χ2n) is 8.12. The fraction of sp³-hybridized carbons (Fsp3) is 0.348. The number of piperazine rings is 1. The SMILES string of the molecule is CN1CCN(C(=O)c2ccc(-c3nc4ccc(C(=O)NC5CC5)cc4s3)cc2)CC1. The highest BCUT2D eigenvalue weighted by atomic mass is 32.1. The van der Waals surface area contributed by atoms with Gasteiger partial charge in [0.2, 0.25) is 0 Å². The number of benzene rings is 2. The van der Waals surface area contributed by atoms with Gasteiger partial charge < -0.3 is 15.1 Å². The molecule has 1 N–H and O–H groups in total. The number of thiazole rings is 1. The number of nitrogens with zero attached hydrogens (tertiary/aromatic N) is 3. The van der Waals surface area contributed by atoms with Gasteiger partial charge in [-0.3, -0.25) is 9.59 Å². The number of carbonyl (C=O) groups is 2. The van der Waals surface area contributed by atoms with Gasteiger partial charge in [0.25, 0.3) is 11.8 Å². The van der Waals surface area contributed by atoms with Crippen LogP contribution in [0.4, 0.5) is 0 Å². The van der Waals surface area contributed by atoms with E-state index in [1.165, 1.54) is 0 Å². The molecule has 1 aliphatic carbocycles. The van der Waals surface area contributed by atoms with Crippen molar-refractivity contribution >= 4 is 33.4 Å². The lowest BCUT2D eigenvalue weighted by atomic mass is 10.1. The highest BCUT2D eigenvalue weighted by Gasteiger charge is 2.24. The number of amides is 2. The van der Waals surface area contributed by atoms with Crippen LogP contribution in [0.5, 0.6) is 0 Å². The van der Waals surface area contributed by atoms with E-state index in [-0.39, 0.29) is 11.8 Å². The second-order valence-corrected chi connectivity index (χ2v) is 9.15. The van der Waals surface area contributed by atoms with Crippen molar-refractivity contribution in [2.24, 2.45) is 0 Å². The van der Waals surface area contributed by atoms with Crippen LogP contribution in [-0.4, -0.2) is 65.9 Å². The number of likely N-dealkylation sites (N-methyl/N-ethyl adjacent to an activating group) is 1. The summed E-state index contributed by atoms with van der Waals surface area (Å²) in [7, 11) is 2.08. The van der Waals surface area contributed by atoms with E-state index in [1.54, 1.807) is 11.3 Å². The Morgan fingerprint density at radius 3 is 2.40 bits per heavy atom. The van der Waals surface area contributed by atoms with E-state index >= 15 is 0 Å². The van der Waals surface area contributed by atoms with Crippen molar-refractivity contribution in [2.45, 2.75) is 18.9 Å². The summed E-state index contributed by atoms with van der Waals surface area (Å²) in [6.45, 7) is 3.36. The summed E-state index contributed by atoms with van der Waals surface area (Å²) < 4.78 is 0.992. The molecule has 2 aliphatic rings. The highest BCUT2D eigenvalue weighted by Crippen LogP contribution is 2.31. The number of aromatic nitrogens is 1. The summed E-state index contributed by atoms with van der Waals surface area (Å²) in [5, 5.41) is 3.92. The van der Waals surface area contributed by atoms with E-state index in [1.807, 2.05) is 47.4 Å². The van der Waals surface area contributed by atoms with Crippen molar-refractivity contribution in [2.75, 3.05) is 33.2 Å². The molecule has 2 heterocycles. The molecule has 7 heteroatoms. The Balaban J connectivity index is 1.33. The minimum atomic E-state index is -0.0129. The zero-order chi connectivity index (χ0) is 20.7. The van der Waals surface area contributed by atoms with Crippen molar-refractivity contribution < 1.29 is 9.59 Å². The van der Waals surface area contributed by atoms with Crippen LogP contribution in [0.15, 0.2) is 42.5 Å². The number of carbonyl (C=O) groups excluding carboxylic acids is 2. The lowest BCUT2D eigenvalue weighted by molar-refractivity contribution is 0.0664. The monoisotopic (exact) mass is 420 g/mol. The van der Waals surface area contributed by atoms with Gasteiger partial charge in [0.15, 0.2) is 0 Å². The molecule has 5 rings (SSSR count). The summed E-state index contributed by atoms with van der Waals surface area (Å²) >= 11 is 1.57. The lowest BCUT2D eigenvalue weighted by Gasteiger charge is -2.32. The lowest BCUT2D eigenvalue weighted by Crippen LogP contribution is -2.47. The Bertz CT molecular complexity index is 1100. The summed E-state index contributed by atoms with van der Waals surface area (Å²) in [5.74, 6) is 0.0754. The maximum Gasteiger partial charge on any atom is 0.253 e. The van der Waals surface area contributed by atoms with Crippen LogP contribution in [0.25, 0.3) is 20.8 Å². The molecule has 1 saturated carbocycles. The third kappa shape index (κ3) is 3.95. The summed E-state index contributed by atoms with van der Waals surface area (Å²) in [6.07, 6.45) is 2.15. The first-order chi connectivity index (χ1) is 14.6. The molecule has 0 spiro atoms. The molecule has 154 valence electrons. The fourth-order valence-corrected chi connectivity index (χ4v) is 4.64. The molecule has 2 fully saturated rings. The fourth-order valence-electron chi connectivity index (χ4n) is 3.63. The Morgan fingerprint density at radius 2 is 1.70 bits per heavy atom. The smallest absolute Gasteiger partial charge is 0.253 e. The number of hydrogen-bond acceptors (Lipinski definition) is 5. The number of nitrogens with one attached hydrogen (secondary N) is 1. The molecule has 0 atom stereocenters. The molecule has 1 aromatic heterocycles. The quantitative estimate of drug-likeness (QED) is 0.704. The van der Waals surface area contributed by atoms with Crippen molar-refractivity contribution in [1.29, 1.82) is 0 Å². The zero-order valence-corrected chi connectivity index (χ0v) is 17.7. The molecule has 3 aromatic rings. The standard InChI is InChI=1S/C23H24N4O2S/c1-26-10-12-27(13-11-26)23(29)16-4-2-15(3-5-16)22-25-19-9-6-17(14-20(19)30-22)21(28)24-18-7-8-18/h2-6,9,14,18H,7-8,10-13H2,1H3,(H,24,28). The van der Waals surface area contributed by atoms with Gasteiger partial charge in [-0.25, -0.2) is 4.98 Å². The van der Waals surface area contributed by atoms with Crippen LogP contribution in [-0.2, 0) is 0 Å². The van der Waals surface area contributed by atoms with Gasteiger partial charge >= 0.3 is 0 Å². The minimum absolute atomic E-state index is 0.0129. The molecular formula is C23H24N4O2S. The normalized spacial score (nSPS) is 17.3. The molecular weight excluding hydrogens is 396 g/mol. The van der Waals surface area contributed by atoms with Gasteiger partial charge in [0, 0.05) is 48.9 Å². The minimum Gasteiger partial charge on any atom is -0.349 e. The topological polar surface area (TPSA) is 65.5 Å². The van der Waals surface area contributed by atoms with E-state index in [9.17, 15) is 9.59 Å². The number of fused-ring (bicyclic) bond motifs is 1. The van der Waals surface area contributed by atoms with E-state index < -0.39 is 0 Å². The molecule has 0 radical (unpaired) electrons. The van der Waals surface area contributed by atoms with Crippen molar-refractivity contribution in [3.8, 4) is 10.6 Å². The number of hydrogen-bond donors (Lipinski definition) is 1. The average molecular weight is 421 g/mol. The third-order valence-corrected chi connectivity index (χ3v) is 6.80. The molecule has 2 aromatic carbocycles. The van der Waals surface area contributed by atoms with Gasteiger partial charge in [0.1, 0.15) is 5.01 Å². The predicted octanol–water partition coefficient (Wildman–Crippen LogP) is 3.24. The van der Waals surface area contributed by atoms with Crippen LogP contribution in [0.3, 0.4) is 0 Å². The van der Waals surface area contributed by atoms with Gasteiger partial charge in [-0.05, 0) is 50.2 Å². The van der Waals surface area contributed by atoms with Crippen molar-refractivity contribution in [3.63, 3.8) is 0 Å². The Morgan fingerprint density at radius 1 is 1.00 bits per heavy atom. The first kappa shape index (κ1) is 19.2. The van der Waals surface area contributed by atoms with E-state index in [0.717, 1.165) is 59.8 Å². The first-order valence-electron chi connectivity index (χ1n) is 10.4. The maximum atomic E-state index is 12.7. The Labute approximate surface area is 179 Å². The van der Waals surface area contributed by atoms with Crippen molar-refractivity contribution in [1.82, 2.24) is 20.1 Å². The Kier molecular flexibility index (Phi) is 5.00. The zero-order valence-electron chi connectivity index (χ0n) is 16.9. The Hall–Kier alpha value is -2.77. The molecule has 2 amide bonds. The van der Waals surface area contributed by atoms with Crippen molar-refractivity contribution in [3.05, 3.63) is 53.6 Å². The van der Waals surface area contributed by atoms with Crippen LogP contribution in [0, 0.1) is 0 Å². The molecule has 1 saturated heterocycles. The van der Waals surface area contributed by atoms with Crippen LogP contribution in [0.2, 0.25) is 0 Å². The third-order valence-electron chi connectivity index (χ3n) is 5.73. The summed E-state index contributed by atoms with van der Waals surface area (Å²) in [4.78, 5) is 33.9. The summed E-state index contributed by atoms with van der Waals surface area (Å²) in [6, 6.07) is 13.7. The van der Waals surface area contributed by atoms with Crippen LogP contribution in [0.1, 0.15) is 33.6 Å². The van der Waals surface area contributed by atoms with E-state index in [2.05, 4.69) is 17.3 Å². The van der Waals surface area contributed by atoms with Gasteiger partial charge in [-0.1, -0.05) is 12.1 Å². The molecule has 1 aliphatic heterocycles. The summed E-state index contributed by atoms with van der Waals surface area (Å²) in [5.41, 5.74) is 3.26. The largest absolute Gasteiger partial charge is 0.349 e. The van der Waals surface area contributed by atoms with Gasteiger partial charge in [-0.15, -0.1) is 11.3 Å². The average Bonchev–Trinajstić information content (AvgIpc) is 3.48. The second kappa shape index (κ2) is 7.81. The molecule has 6 nitrogen and oxygen atoms in total. The van der Waals surface area contributed by atoms with Crippen LogP contribution < -0.4 is 5.32 Å². The molecule has 30 heavy (non-hydrogen) atoms.